The van der Waals surface area contributed by atoms with E-state index in [1.165, 1.54) is 0 Å². The molecule has 2 aromatic carbocycles. The summed E-state index contributed by atoms with van der Waals surface area (Å²) in [5, 5.41) is 12.7. The maximum atomic E-state index is 9.87. The minimum absolute atomic E-state index is 0.203. The number of ether oxygens (including phenoxy) is 3. The number of aromatic hydroxyl groups is 1. The standard InChI is InChI=1S/C22H20N2O4S/c1-26-17-8-13(9-18(27-2)20(17)28-3)15-10-24-22(23)19-16(11-29-21(15)19)12-5-4-6-14(25)7-12/h4-11,25H,1-3H3,(H2,23,24). The van der Waals surface area contributed by atoms with Crippen LogP contribution in [-0.4, -0.2) is 31.4 Å². The van der Waals surface area contributed by atoms with Gasteiger partial charge in [-0.3, -0.25) is 0 Å². The highest BCUT2D eigenvalue weighted by Gasteiger charge is 2.19. The van der Waals surface area contributed by atoms with Crippen LogP contribution < -0.4 is 19.9 Å². The molecule has 2 heterocycles. The van der Waals surface area contributed by atoms with Gasteiger partial charge in [0, 0.05) is 27.4 Å². The number of methoxy groups -OCH3 is 3. The van der Waals surface area contributed by atoms with Gasteiger partial charge in [0.2, 0.25) is 5.75 Å². The zero-order valence-electron chi connectivity index (χ0n) is 16.2. The number of nitrogens with two attached hydrogens (primary N) is 1. The molecule has 4 rings (SSSR count). The van der Waals surface area contributed by atoms with Crippen LogP contribution in [0.5, 0.6) is 23.0 Å². The van der Waals surface area contributed by atoms with Crippen molar-refractivity contribution >= 4 is 27.2 Å². The molecule has 0 aliphatic heterocycles. The number of hydrogen-bond acceptors (Lipinski definition) is 7. The predicted octanol–water partition coefficient (Wildman–Crippen LogP) is 4.94. The Morgan fingerprint density at radius 2 is 1.66 bits per heavy atom. The van der Waals surface area contributed by atoms with E-state index in [0.29, 0.717) is 23.1 Å². The number of nitrogens with zero attached hydrogens (tertiary/aromatic N) is 1. The van der Waals surface area contributed by atoms with Crippen molar-refractivity contribution in [3.05, 3.63) is 48.0 Å². The smallest absolute Gasteiger partial charge is 0.203 e. The Hall–Kier alpha value is -3.45. The first-order valence-electron chi connectivity index (χ1n) is 8.82. The third kappa shape index (κ3) is 3.19. The Kier molecular flexibility index (Phi) is 4.90. The molecule has 0 saturated heterocycles. The number of pyridine rings is 1. The molecule has 0 aliphatic carbocycles. The fourth-order valence-electron chi connectivity index (χ4n) is 3.40. The summed E-state index contributed by atoms with van der Waals surface area (Å²) in [5.41, 5.74) is 9.84. The molecule has 4 aromatic rings. The van der Waals surface area contributed by atoms with Crippen LogP contribution in [0.2, 0.25) is 0 Å². The molecular formula is C22H20N2O4S. The lowest BCUT2D eigenvalue weighted by molar-refractivity contribution is 0.324. The minimum Gasteiger partial charge on any atom is -0.508 e. The normalized spacial score (nSPS) is 10.9. The second-order valence-electron chi connectivity index (χ2n) is 6.37. The largest absolute Gasteiger partial charge is 0.508 e. The van der Waals surface area contributed by atoms with Gasteiger partial charge in [-0.25, -0.2) is 4.98 Å². The van der Waals surface area contributed by atoms with E-state index in [1.807, 2.05) is 23.6 Å². The number of phenols is 1. The molecule has 148 valence electrons. The number of anilines is 1. The molecule has 3 N–H and O–H groups in total. The van der Waals surface area contributed by atoms with Crippen molar-refractivity contribution in [2.45, 2.75) is 0 Å². The Morgan fingerprint density at radius 1 is 0.931 bits per heavy atom. The van der Waals surface area contributed by atoms with Crippen molar-refractivity contribution in [3.8, 4) is 45.3 Å². The van der Waals surface area contributed by atoms with Crippen LogP contribution in [0.4, 0.5) is 5.82 Å². The van der Waals surface area contributed by atoms with Crippen molar-refractivity contribution < 1.29 is 19.3 Å². The van der Waals surface area contributed by atoms with Gasteiger partial charge in [0.25, 0.3) is 0 Å². The van der Waals surface area contributed by atoms with E-state index < -0.39 is 0 Å². The molecule has 0 atom stereocenters. The summed E-state index contributed by atoms with van der Waals surface area (Å²) in [6.45, 7) is 0. The van der Waals surface area contributed by atoms with Crippen LogP contribution in [0, 0.1) is 0 Å². The lowest BCUT2D eigenvalue weighted by Crippen LogP contribution is -1.97. The quantitative estimate of drug-likeness (QED) is 0.486. The summed E-state index contributed by atoms with van der Waals surface area (Å²) in [5.74, 6) is 2.31. The zero-order valence-corrected chi connectivity index (χ0v) is 17.0. The van der Waals surface area contributed by atoms with Gasteiger partial charge >= 0.3 is 0 Å². The highest BCUT2D eigenvalue weighted by Crippen LogP contribution is 2.46. The summed E-state index contributed by atoms with van der Waals surface area (Å²) >= 11 is 1.57. The molecule has 0 unspecified atom stereocenters. The Morgan fingerprint density at radius 3 is 2.28 bits per heavy atom. The number of thiophene rings is 1. The first-order valence-corrected chi connectivity index (χ1v) is 9.70. The van der Waals surface area contributed by atoms with E-state index in [-0.39, 0.29) is 5.75 Å². The molecule has 29 heavy (non-hydrogen) atoms. The Balaban J connectivity index is 1.96. The summed E-state index contributed by atoms with van der Waals surface area (Å²) in [6.07, 6.45) is 1.75. The molecule has 0 aliphatic rings. The second kappa shape index (κ2) is 7.52. The number of benzene rings is 2. The second-order valence-corrected chi connectivity index (χ2v) is 7.25. The van der Waals surface area contributed by atoms with Crippen LogP contribution in [0.15, 0.2) is 48.0 Å². The Bertz CT molecular complexity index is 1180. The monoisotopic (exact) mass is 408 g/mol. The molecule has 0 amide bonds. The minimum atomic E-state index is 0.203. The maximum Gasteiger partial charge on any atom is 0.203 e. The number of nitrogen functional groups attached to an aromatic ring is 1. The summed E-state index contributed by atoms with van der Waals surface area (Å²) in [7, 11) is 4.75. The zero-order chi connectivity index (χ0) is 20.5. The number of hydrogen-bond donors (Lipinski definition) is 2. The molecule has 7 heteroatoms. The van der Waals surface area contributed by atoms with E-state index in [1.54, 1.807) is 57.1 Å². The van der Waals surface area contributed by atoms with E-state index in [2.05, 4.69) is 4.98 Å². The predicted molar refractivity (Wildman–Crippen MR) is 116 cm³/mol. The third-order valence-electron chi connectivity index (χ3n) is 4.76. The first-order chi connectivity index (χ1) is 14.1. The van der Waals surface area contributed by atoms with Crippen molar-refractivity contribution in [1.82, 2.24) is 4.98 Å². The molecule has 0 radical (unpaired) electrons. The van der Waals surface area contributed by atoms with Gasteiger partial charge in [-0.15, -0.1) is 11.3 Å². The van der Waals surface area contributed by atoms with Crippen LogP contribution in [0.3, 0.4) is 0 Å². The average molecular weight is 408 g/mol. The van der Waals surface area contributed by atoms with E-state index in [0.717, 1.165) is 32.3 Å². The van der Waals surface area contributed by atoms with Gasteiger partial charge in [-0.2, -0.15) is 0 Å². The van der Waals surface area contributed by atoms with Crippen LogP contribution in [-0.2, 0) is 0 Å². The van der Waals surface area contributed by atoms with E-state index in [4.69, 9.17) is 19.9 Å². The maximum absolute atomic E-state index is 9.87. The molecular weight excluding hydrogens is 388 g/mol. The highest BCUT2D eigenvalue weighted by atomic mass is 32.1. The Labute approximate surface area is 172 Å². The van der Waals surface area contributed by atoms with Gasteiger partial charge in [0.15, 0.2) is 11.5 Å². The lowest BCUT2D eigenvalue weighted by Gasteiger charge is -2.15. The van der Waals surface area contributed by atoms with E-state index in [9.17, 15) is 5.11 Å². The number of fused-ring (bicyclic) bond motifs is 1. The lowest BCUT2D eigenvalue weighted by atomic mass is 10.0. The highest BCUT2D eigenvalue weighted by molar-refractivity contribution is 7.18. The number of phenolic OH excluding ortho intramolecular Hbond substituents is 1. The molecule has 2 aromatic heterocycles. The van der Waals surface area contributed by atoms with Gasteiger partial charge in [-0.1, -0.05) is 12.1 Å². The van der Waals surface area contributed by atoms with Crippen molar-refractivity contribution in [2.75, 3.05) is 27.1 Å². The number of aromatic nitrogens is 1. The molecule has 0 bridgehead atoms. The SMILES string of the molecule is COc1cc(-c2cnc(N)c3c(-c4cccc(O)c4)csc23)cc(OC)c1OC. The fraction of sp³-hybridized carbons (Fsp3) is 0.136. The van der Waals surface area contributed by atoms with Gasteiger partial charge < -0.3 is 25.1 Å². The summed E-state index contributed by atoms with van der Waals surface area (Å²) < 4.78 is 17.4. The van der Waals surface area contributed by atoms with Crippen LogP contribution >= 0.6 is 11.3 Å². The van der Waals surface area contributed by atoms with Crippen LogP contribution in [0.25, 0.3) is 32.3 Å². The summed E-state index contributed by atoms with van der Waals surface area (Å²) in [6, 6.07) is 10.9. The van der Waals surface area contributed by atoms with Crippen molar-refractivity contribution in [1.29, 1.82) is 0 Å². The topological polar surface area (TPSA) is 86.8 Å². The molecule has 6 nitrogen and oxygen atoms in total. The molecule has 0 saturated carbocycles. The first kappa shape index (κ1) is 18.9. The molecule has 0 fully saturated rings. The van der Waals surface area contributed by atoms with Crippen molar-refractivity contribution in [2.24, 2.45) is 0 Å². The van der Waals surface area contributed by atoms with Crippen molar-refractivity contribution in [3.63, 3.8) is 0 Å². The van der Waals surface area contributed by atoms with E-state index >= 15 is 0 Å². The number of rotatable bonds is 5. The average Bonchev–Trinajstić information content (AvgIpc) is 3.19. The van der Waals surface area contributed by atoms with Gasteiger partial charge in [0.1, 0.15) is 11.6 Å². The molecule has 0 spiro atoms. The van der Waals surface area contributed by atoms with Gasteiger partial charge in [0.05, 0.1) is 21.3 Å². The van der Waals surface area contributed by atoms with Crippen LogP contribution in [0.1, 0.15) is 0 Å². The van der Waals surface area contributed by atoms with Gasteiger partial charge in [-0.05, 0) is 40.8 Å². The fourth-order valence-corrected chi connectivity index (χ4v) is 4.52. The third-order valence-corrected chi connectivity index (χ3v) is 5.77. The summed E-state index contributed by atoms with van der Waals surface area (Å²) in [4.78, 5) is 4.43.